The van der Waals surface area contributed by atoms with Crippen LogP contribution in [0.2, 0.25) is 0 Å². The summed E-state index contributed by atoms with van der Waals surface area (Å²) in [5, 5.41) is 3.40. The lowest BCUT2D eigenvalue weighted by Gasteiger charge is -2.27. The van der Waals surface area contributed by atoms with Gasteiger partial charge in [-0.25, -0.2) is 15.0 Å². The SMILES string of the molecule is c1cc(CNc2cc(N3CCOCC3)ncn2)cc(N2CCCC2)n1. The summed E-state index contributed by atoms with van der Waals surface area (Å²) in [7, 11) is 0. The van der Waals surface area contributed by atoms with Crippen LogP contribution in [0.3, 0.4) is 0 Å². The highest BCUT2D eigenvalue weighted by Gasteiger charge is 2.14. The smallest absolute Gasteiger partial charge is 0.134 e. The number of aromatic nitrogens is 3. The maximum atomic E-state index is 5.40. The Morgan fingerprint density at radius 1 is 0.920 bits per heavy atom. The largest absolute Gasteiger partial charge is 0.378 e. The van der Waals surface area contributed by atoms with Crippen LogP contribution in [0.1, 0.15) is 18.4 Å². The molecule has 4 rings (SSSR count). The Bertz CT molecular complexity index is 697. The average molecular weight is 340 g/mol. The lowest BCUT2D eigenvalue weighted by atomic mass is 10.2. The molecule has 0 aromatic carbocycles. The summed E-state index contributed by atoms with van der Waals surface area (Å²) < 4.78 is 5.40. The molecule has 2 aliphatic heterocycles. The first-order valence-corrected chi connectivity index (χ1v) is 8.97. The molecule has 2 aromatic rings. The molecule has 132 valence electrons. The van der Waals surface area contributed by atoms with Gasteiger partial charge in [0.2, 0.25) is 0 Å². The van der Waals surface area contributed by atoms with E-state index in [4.69, 9.17) is 4.74 Å². The number of pyridine rings is 1. The van der Waals surface area contributed by atoms with Crippen LogP contribution in [0.4, 0.5) is 17.5 Å². The fraction of sp³-hybridized carbons (Fsp3) is 0.500. The lowest BCUT2D eigenvalue weighted by molar-refractivity contribution is 0.122. The molecule has 0 saturated carbocycles. The lowest BCUT2D eigenvalue weighted by Crippen LogP contribution is -2.36. The van der Waals surface area contributed by atoms with E-state index in [9.17, 15) is 0 Å². The highest BCUT2D eigenvalue weighted by atomic mass is 16.5. The van der Waals surface area contributed by atoms with E-state index in [2.05, 4.69) is 42.2 Å². The normalized spacial score (nSPS) is 17.8. The van der Waals surface area contributed by atoms with E-state index in [0.29, 0.717) is 0 Å². The fourth-order valence-corrected chi connectivity index (χ4v) is 3.29. The molecule has 7 heteroatoms. The van der Waals surface area contributed by atoms with Gasteiger partial charge in [0.05, 0.1) is 13.2 Å². The maximum absolute atomic E-state index is 5.40. The molecule has 0 aliphatic carbocycles. The summed E-state index contributed by atoms with van der Waals surface area (Å²) in [5.74, 6) is 2.87. The van der Waals surface area contributed by atoms with Crippen molar-refractivity contribution in [1.82, 2.24) is 15.0 Å². The highest BCUT2D eigenvalue weighted by molar-refractivity contribution is 5.49. The molecule has 0 radical (unpaired) electrons. The van der Waals surface area contributed by atoms with Gasteiger partial charge in [-0.05, 0) is 30.5 Å². The van der Waals surface area contributed by atoms with Gasteiger partial charge < -0.3 is 19.9 Å². The van der Waals surface area contributed by atoms with Crippen LogP contribution >= 0.6 is 0 Å². The number of hydrogen-bond donors (Lipinski definition) is 1. The molecular weight excluding hydrogens is 316 g/mol. The molecule has 0 bridgehead atoms. The molecular formula is C18H24N6O. The quantitative estimate of drug-likeness (QED) is 0.892. The van der Waals surface area contributed by atoms with E-state index in [1.807, 2.05) is 12.3 Å². The second-order valence-corrected chi connectivity index (χ2v) is 6.43. The van der Waals surface area contributed by atoms with E-state index in [1.54, 1.807) is 6.33 Å². The third-order valence-electron chi connectivity index (χ3n) is 4.70. The molecule has 25 heavy (non-hydrogen) atoms. The zero-order valence-electron chi connectivity index (χ0n) is 14.4. The number of hydrogen-bond acceptors (Lipinski definition) is 7. The van der Waals surface area contributed by atoms with Gasteiger partial charge in [-0.15, -0.1) is 0 Å². The number of nitrogens with one attached hydrogen (secondary N) is 1. The number of morpholine rings is 1. The van der Waals surface area contributed by atoms with Crippen LogP contribution in [-0.4, -0.2) is 54.3 Å². The summed E-state index contributed by atoms with van der Waals surface area (Å²) in [6.07, 6.45) is 6.03. The Morgan fingerprint density at radius 2 is 1.68 bits per heavy atom. The molecule has 2 aliphatic rings. The van der Waals surface area contributed by atoms with Gasteiger partial charge in [0.25, 0.3) is 0 Å². The van der Waals surface area contributed by atoms with E-state index in [-0.39, 0.29) is 0 Å². The van der Waals surface area contributed by atoms with Crippen molar-refractivity contribution >= 4 is 17.5 Å². The van der Waals surface area contributed by atoms with Crippen LogP contribution in [0.25, 0.3) is 0 Å². The maximum Gasteiger partial charge on any atom is 0.134 e. The molecule has 1 N–H and O–H groups in total. The topological polar surface area (TPSA) is 66.4 Å². The Kier molecular flexibility index (Phi) is 4.92. The minimum atomic E-state index is 0.725. The van der Waals surface area contributed by atoms with Crippen LogP contribution < -0.4 is 15.1 Å². The Labute approximate surface area is 148 Å². The number of anilines is 3. The van der Waals surface area contributed by atoms with Crippen molar-refractivity contribution in [2.24, 2.45) is 0 Å². The minimum Gasteiger partial charge on any atom is -0.378 e. The molecule has 0 spiro atoms. The van der Waals surface area contributed by atoms with Gasteiger partial charge >= 0.3 is 0 Å². The number of nitrogens with zero attached hydrogens (tertiary/aromatic N) is 5. The van der Waals surface area contributed by atoms with Crippen LogP contribution in [0, 0.1) is 0 Å². The van der Waals surface area contributed by atoms with Crippen molar-refractivity contribution in [2.45, 2.75) is 19.4 Å². The predicted octanol–water partition coefficient (Wildman–Crippen LogP) is 1.92. The molecule has 4 heterocycles. The average Bonchev–Trinajstić information content (AvgIpc) is 3.23. The Hall–Kier alpha value is -2.41. The predicted molar refractivity (Wildman–Crippen MR) is 98.1 cm³/mol. The fourth-order valence-electron chi connectivity index (χ4n) is 3.29. The van der Waals surface area contributed by atoms with Crippen LogP contribution in [0.15, 0.2) is 30.7 Å². The minimum absolute atomic E-state index is 0.725. The van der Waals surface area contributed by atoms with E-state index >= 15 is 0 Å². The zero-order chi connectivity index (χ0) is 16.9. The standard InChI is InChI=1S/C18H24N6O/c1-2-6-23(5-1)17-11-15(3-4-19-17)13-20-16-12-18(22-14-21-16)24-7-9-25-10-8-24/h3-4,11-12,14H,1-2,5-10,13H2,(H,20,21,22). The second kappa shape index (κ2) is 7.65. The first kappa shape index (κ1) is 16.1. The molecule has 2 aromatic heterocycles. The molecule has 2 fully saturated rings. The third kappa shape index (κ3) is 3.99. The van der Waals surface area contributed by atoms with Gasteiger partial charge in [0, 0.05) is 45.0 Å². The third-order valence-corrected chi connectivity index (χ3v) is 4.70. The monoisotopic (exact) mass is 340 g/mol. The summed E-state index contributed by atoms with van der Waals surface area (Å²) in [5.41, 5.74) is 1.21. The molecule has 0 amide bonds. The van der Waals surface area contributed by atoms with Gasteiger partial charge in [0.1, 0.15) is 23.8 Å². The molecule has 7 nitrogen and oxygen atoms in total. The second-order valence-electron chi connectivity index (χ2n) is 6.43. The number of rotatable bonds is 5. The van der Waals surface area contributed by atoms with E-state index in [1.165, 1.54) is 18.4 Å². The van der Waals surface area contributed by atoms with Crippen molar-refractivity contribution in [2.75, 3.05) is 54.5 Å². The molecule has 0 atom stereocenters. The highest BCUT2D eigenvalue weighted by Crippen LogP contribution is 2.20. The van der Waals surface area contributed by atoms with Crippen molar-refractivity contribution in [3.05, 3.63) is 36.3 Å². The summed E-state index contributed by atoms with van der Waals surface area (Å²) in [6, 6.07) is 6.23. The first-order chi connectivity index (χ1) is 12.4. The molecule has 2 saturated heterocycles. The van der Waals surface area contributed by atoms with E-state index < -0.39 is 0 Å². The zero-order valence-corrected chi connectivity index (χ0v) is 14.4. The number of ether oxygens (including phenoxy) is 1. The summed E-state index contributed by atoms with van der Waals surface area (Å²) in [4.78, 5) is 17.8. The van der Waals surface area contributed by atoms with Crippen molar-refractivity contribution in [3.8, 4) is 0 Å². The van der Waals surface area contributed by atoms with Crippen LogP contribution in [0.5, 0.6) is 0 Å². The Morgan fingerprint density at radius 3 is 2.52 bits per heavy atom. The summed E-state index contributed by atoms with van der Waals surface area (Å²) in [6.45, 7) is 6.20. The Balaban J connectivity index is 1.40. The van der Waals surface area contributed by atoms with Gasteiger partial charge in [-0.1, -0.05) is 0 Å². The van der Waals surface area contributed by atoms with Crippen molar-refractivity contribution in [3.63, 3.8) is 0 Å². The molecule has 0 unspecified atom stereocenters. The van der Waals surface area contributed by atoms with E-state index in [0.717, 1.165) is 63.4 Å². The van der Waals surface area contributed by atoms with Crippen LogP contribution in [-0.2, 0) is 11.3 Å². The van der Waals surface area contributed by atoms with Gasteiger partial charge in [-0.3, -0.25) is 0 Å². The van der Waals surface area contributed by atoms with Gasteiger partial charge in [0.15, 0.2) is 0 Å². The van der Waals surface area contributed by atoms with Gasteiger partial charge in [-0.2, -0.15) is 0 Å². The summed E-state index contributed by atoms with van der Waals surface area (Å²) >= 11 is 0. The van der Waals surface area contributed by atoms with Crippen molar-refractivity contribution < 1.29 is 4.74 Å². The first-order valence-electron chi connectivity index (χ1n) is 8.97. The van der Waals surface area contributed by atoms with Crippen molar-refractivity contribution in [1.29, 1.82) is 0 Å².